The van der Waals surface area contributed by atoms with Crippen LogP contribution in [0, 0.1) is 0 Å². The summed E-state index contributed by atoms with van der Waals surface area (Å²) in [5.74, 6) is 1.54. The second-order valence-electron chi connectivity index (χ2n) is 5.69. The van der Waals surface area contributed by atoms with Gasteiger partial charge in [-0.15, -0.1) is 0 Å². The molecule has 6 heteroatoms. The summed E-state index contributed by atoms with van der Waals surface area (Å²) < 4.78 is 10.7. The average molecular weight is 319 g/mol. The summed E-state index contributed by atoms with van der Waals surface area (Å²) in [5, 5.41) is 8.28. The van der Waals surface area contributed by atoms with E-state index < -0.39 is 0 Å². The minimum Gasteiger partial charge on any atom is -0.454 e. The predicted molar refractivity (Wildman–Crippen MR) is 90.5 cm³/mol. The van der Waals surface area contributed by atoms with Gasteiger partial charge in [-0.05, 0) is 50.2 Å². The van der Waals surface area contributed by atoms with E-state index in [0.29, 0.717) is 11.2 Å². The highest BCUT2D eigenvalue weighted by molar-refractivity contribution is 7.80. The number of nitrogens with zero attached hydrogens (tertiary/aromatic N) is 1. The molecule has 0 saturated heterocycles. The van der Waals surface area contributed by atoms with E-state index in [4.69, 9.17) is 21.7 Å². The largest absolute Gasteiger partial charge is 0.454 e. The number of thiocarbonyl (C=S) groups is 1. The molecule has 0 spiro atoms. The Kier molecular flexibility index (Phi) is 4.77. The van der Waals surface area contributed by atoms with Crippen molar-refractivity contribution in [3.8, 4) is 11.5 Å². The molecule has 0 unspecified atom stereocenters. The summed E-state index contributed by atoms with van der Waals surface area (Å²) in [6, 6.07) is 6.27. The summed E-state index contributed by atoms with van der Waals surface area (Å²) >= 11 is 5.31. The SMILES string of the molecule is C/C(=N/NC(=S)NC1CCCCC1)c1ccc2c(c1)OCO2. The summed E-state index contributed by atoms with van der Waals surface area (Å²) in [7, 11) is 0. The van der Waals surface area contributed by atoms with Crippen LogP contribution in [0.3, 0.4) is 0 Å². The van der Waals surface area contributed by atoms with Crippen LogP contribution in [-0.4, -0.2) is 23.7 Å². The van der Waals surface area contributed by atoms with Gasteiger partial charge in [-0.1, -0.05) is 19.3 Å². The fraction of sp³-hybridized carbons (Fsp3) is 0.500. The lowest BCUT2D eigenvalue weighted by atomic mass is 9.96. The molecule has 1 aliphatic heterocycles. The van der Waals surface area contributed by atoms with Crippen molar-refractivity contribution in [2.24, 2.45) is 5.10 Å². The summed E-state index contributed by atoms with van der Waals surface area (Å²) in [6.07, 6.45) is 6.26. The number of fused-ring (bicyclic) bond motifs is 1. The average Bonchev–Trinajstić information content (AvgIpc) is 3.01. The molecule has 0 aromatic heterocycles. The van der Waals surface area contributed by atoms with Crippen LogP contribution in [0.5, 0.6) is 11.5 Å². The van der Waals surface area contributed by atoms with Crippen molar-refractivity contribution >= 4 is 23.0 Å². The van der Waals surface area contributed by atoms with Crippen LogP contribution < -0.4 is 20.2 Å². The van der Waals surface area contributed by atoms with Gasteiger partial charge in [0.1, 0.15) is 0 Å². The molecule has 1 aliphatic carbocycles. The van der Waals surface area contributed by atoms with Gasteiger partial charge in [0.2, 0.25) is 6.79 Å². The normalized spacial score (nSPS) is 18.1. The van der Waals surface area contributed by atoms with Crippen LogP contribution in [0.4, 0.5) is 0 Å². The van der Waals surface area contributed by atoms with Gasteiger partial charge in [0.05, 0.1) is 5.71 Å². The molecule has 2 N–H and O–H groups in total. The zero-order chi connectivity index (χ0) is 15.4. The van der Waals surface area contributed by atoms with Gasteiger partial charge in [-0.2, -0.15) is 5.10 Å². The highest BCUT2D eigenvalue weighted by Gasteiger charge is 2.15. The monoisotopic (exact) mass is 319 g/mol. The van der Waals surface area contributed by atoms with Gasteiger partial charge in [-0.25, -0.2) is 0 Å². The van der Waals surface area contributed by atoms with Crippen molar-refractivity contribution in [3.63, 3.8) is 0 Å². The van der Waals surface area contributed by atoms with E-state index in [0.717, 1.165) is 22.8 Å². The van der Waals surface area contributed by atoms with Crippen molar-refractivity contribution < 1.29 is 9.47 Å². The maximum atomic E-state index is 5.38. The molecule has 0 atom stereocenters. The lowest BCUT2D eigenvalue weighted by Crippen LogP contribution is -2.41. The van der Waals surface area contributed by atoms with E-state index in [2.05, 4.69) is 15.8 Å². The molecule has 5 nitrogen and oxygen atoms in total. The third-order valence-corrected chi connectivity index (χ3v) is 4.27. The first-order valence-electron chi connectivity index (χ1n) is 7.73. The van der Waals surface area contributed by atoms with E-state index in [1.165, 1.54) is 32.1 Å². The number of hydrazone groups is 1. The highest BCUT2D eigenvalue weighted by Crippen LogP contribution is 2.32. The molecular formula is C16H21N3O2S. The number of benzene rings is 1. The van der Waals surface area contributed by atoms with E-state index in [1.54, 1.807) is 0 Å². The van der Waals surface area contributed by atoms with Crippen LogP contribution >= 0.6 is 12.2 Å². The Labute approximate surface area is 136 Å². The second-order valence-corrected chi connectivity index (χ2v) is 6.09. The molecule has 1 aromatic carbocycles. The van der Waals surface area contributed by atoms with Gasteiger partial charge < -0.3 is 14.8 Å². The zero-order valence-corrected chi connectivity index (χ0v) is 13.5. The topological polar surface area (TPSA) is 54.9 Å². The maximum absolute atomic E-state index is 5.38. The molecule has 118 valence electrons. The second kappa shape index (κ2) is 6.96. The Hall–Kier alpha value is -1.82. The lowest BCUT2D eigenvalue weighted by Gasteiger charge is -2.23. The van der Waals surface area contributed by atoms with Crippen LogP contribution in [0.15, 0.2) is 23.3 Å². The van der Waals surface area contributed by atoms with Gasteiger partial charge in [0.15, 0.2) is 16.6 Å². The van der Waals surface area contributed by atoms with Crippen molar-refractivity contribution in [2.75, 3.05) is 6.79 Å². The standard InChI is InChI=1S/C16H21N3O2S/c1-11(12-7-8-14-15(9-12)21-10-20-14)18-19-16(22)17-13-5-3-2-4-6-13/h7-9,13H,2-6,10H2,1H3,(H2,17,19,22)/b18-11-. The summed E-state index contributed by atoms with van der Waals surface area (Å²) in [5.41, 5.74) is 4.77. The van der Waals surface area contributed by atoms with E-state index >= 15 is 0 Å². The third-order valence-electron chi connectivity index (χ3n) is 4.06. The van der Waals surface area contributed by atoms with Gasteiger partial charge >= 0.3 is 0 Å². The number of hydrogen-bond donors (Lipinski definition) is 2. The minimum atomic E-state index is 0.280. The molecule has 0 radical (unpaired) electrons. The Morgan fingerprint density at radius 1 is 1.18 bits per heavy atom. The smallest absolute Gasteiger partial charge is 0.231 e. The summed E-state index contributed by atoms with van der Waals surface area (Å²) in [4.78, 5) is 0. The first-order valence-corrected chi connectivity index (χ1v) is 8.14. The molecule has 1 fully saturated rings. The number of ether oxygens (including phenoxy) is 2. The quantitative estimate of drug-likeness (QED) is 0.510. The van der Waals surface area contributed by atoms with Crippen molar-refractivity contribution in [1.82, 2.24) is 10.7 Å². The highest BCUT2D eigenvalue weighted by atomic mass is 32.1. The van der Waals surface area contributed by atoms with Crippen LogP contribution in [0.2, 0.25) is 0 Å². The van der Waals surface area contributed by atoms with Crippen LogP contribution in [0.1, 0.15) is 44.6 Å². The van der Waals surface area contributed by atoms with Crippen LogP contribution in [-0.2, 0) is 0 Å². The molecule has 3 rings (SSSR count). The Morgan fingerprint density at radius 2 is 1.95 bits per heavy atom. The van der Waals surface area contributed by atoms with E-state index in [9.17, 15) is 0 Å². The molecular weight excluding hydrogens is 298 g/mol. The number of nitrogens with one attached hydrogen (secondary N) is 2. The zero-order valence-electron chi connectivity index (χ0n) is 12.7. The summed E-state index contributed by atoms with van der Waals surface area (Å²) in [6.45, 7) is 2.22. The fourth-order valence-corrected chi connectivity index (χ4v) is 3.00. The Morgan fingerprint density at radius 3 is 2.77 bits per heavy atom. The molecule has 1 saturated carbocycles. The van der Waals surface area contributed by atoms with E-state index in [-0.39, 0.29) is 6.79 Å². The molecule has 0 amide bonds. The number of rotatable bonds is 3. The van der Waals surface area contributed by atoms with Crippen molar-refractivity contribution in [2.45, 2.75) is 45.1 Å². The Balaban J connectivity index is 1.56. The minimum absolute atomic E-state index is 0.280. The van der Waals surface area contributed by atoms with Gasteiger partial charge in [0, 0.05) is 11.6 Å². The molecule has 0 bridgehead atoms. The third kappa shape index (κ3) is 3.68. The van der Waals surface area contributed by atoms with Gasteiger partial charge in [0.25, 0.3) is 0 Å². The molecule has 1 heterocycles. The Bertz CT molecular complexity index is 583. The lowest BCUT2D eigenvalue weighted by molar-refractivity contribution is 0.174. The fourth-order valence-electron chi connectivity index (χ4n) is 2.79. The maximum Gasteiger partial charge on any atom is 0.231 e. The number of hydrogen-bond acceptors (Lipinski definition) is 4. The first-order chi connectivity index (χ1) is 10.7. The molecule has 1 aromatic rings. The van der Waals surface area contributed by atoms with Gasteiger partial charge in [-0.3, -0.25) is 5.43 Å². The predicted octanol–water partition coefficient (Wildman–Crippen LogP) is 2.94. The van der Waals surface area contributed by atoms with Crippen molar-refractivity contribution in [1.29, 1.82) is 0 Å². The van der Waals surface area contributed by atoms with Crippen molar-refractivity contribution in [3.05, 3.63) is 23.8 Å². The first kappa shape index (κ1) is 15.1. The van der Waals surface area contributed by atoms with E-state index in [1.807, 2.05) is 25.1 Å². The molecule has 22 heavy (non-hydrogen) atoms. The van der Waals surface area contributed by atoms with Crippen LogP contribution in [0.25, 0.3) is 0 Å². The molecule has 2 aliphatic rings.